The number of nitrogens with one attached hydrogen (secondary N) is 1. The maximum Gasteiger partial charge on any atom is 0.328 e. The lowest BCUT2D eigenvalue weighted by atomic mass is 10.1. The molecule has 0 unspecified atom stereocenters. The predicted molar refractivity (Wildman–Crippen MR) is 64.1 cm³/mol. The van der Waals surface area contributed by atoms with Crippen molar-refractivity contribution in [1.82, 2.24) is 5.32 Å². The van der Waals surface area contributed by atoms with Crippen molar-refractivity contribution in [1.29, 1.82) is 0 Å². The first-order valence-corrected chi connectivity index (χ1v) is 6.11. The van der Waals surface area contributed by atoms with E-state index in [2.05, 4.69) is 14.8 Å². The fourth-order valence-corrected chi connectivity index (χ4v) is 1.79. The highest BCUT2D eigenvalue weighted by Crippen LogP contribution is 2.13. The van der Waals surface area contributed by atoms with E-state index < -0.39 is 18.0 Å². The molecule has 1 aliphatic heterocycles. The zero-order valence-corrected chi connectivity index (χ0v) is 11.1. The maximum absolute atomic E-state index is 11.9. The predicted octanol–water partition coefficient (Wildman–Crippen LogP) is -0.366. The van der Waals surface area contributed by atoms with Crippen LogP contribution in [-0.2, 0) is 28.6 Å². The van der Waals surface area contributed by atoms with Gasteiger partial charge in [-0.05, 0) is 12.8 Å². The molecule has 1 fully saturated rings. The lowest BCUT2D eigenvalue weighted by Crippen LogP contribution is -2.44. The fourth-order valence-electron chi connectivity index (χ4n) is 1.79. The molecule has 1 rings (SSSR count). The topological polar surface area (TPSA) is 90.9 Å². The molecule has 19 heavy (non-hydrogen) atoms. The van der Waals surface area contributed by atoms with Crippen molar-refractivity contribution in [3.63, 3.8) is 0 Å². The molecule has 1 heterocycles. The zero-order chi connectivity index (χ0) is 14.3. The summed E-state index contributed by atoms with van der Waals surface area (Å²) < 4.78 is 14.2. The maximum atomic E-state index is 11.9. The third-order valence-electron chi connectivity index (χ3n) is 2.97. The Labute approximate surface area is 111 Å². The highest BCUT2D eigenvalue weighted by Gasteiger charge is 2.28. The largest absolute Gasteiger partial charge is 0.469 e. The van der Waals surface area contributed by atoms with E-state index in [1.54, 1.807) is 0 Å². The van der Waals surface area contributed by atoms with Gasteiger partial charge < -0.3 is 19.5 Å². The molecule has 0 aromatic heterocycles. The molecular weight excluding hydrogens is 254 g/mol. The molecular formula is C12H19NO6. The number of methoxy groups -OCH3 is 2. The fraction of sp³-hybridized carbons (Fsp3) is 0.750. The molecule has 108 valence electrons. The molecule has 0 bridgehead atoms. The summed E-state index contributed by atoms with van der Waals surface area (Å²) in [5, 5.41) is 2.59. The second-order valence-electron chi connectivity index (χ2n) is 4.26. The van der Waals surface area contributed by atoms with Gasteiger partial charge in [-0.1, -0.05) is 0 Å². The molecule has 1 aliphatic rings. The van der Waals surface area contributed by atoms with E-state index in [4.69, 9.17) is 4.74 Å². The SMILES string of the molecule is COC(=O)CC[C@H](NC(=O)[C@H]1CCOC1)C(=O)OC. The molecule has 0 spiro atoms. The lowest BCUT2D eigenvalue weighted by Gasteiger charge is -2.17. The van der Waals surface area contributed by atoms with E-state index in [1.807, 2.05) is 0 Å². The van der Waals surface area contributed by atoms with Crippen LogP contribution in [0.5, 0.6) is 0 Å². The summed E-state index contributed by atoms with van der Waals surface area (Å²) >= 11 is 0. The van der Waals surface area contributed by atoms with Crippen molar-refractivity contribution in [2.24, 2.45) is 5.92 Å². The summed E-state index contributed by atoms with van der Waals surface area (Å²) in [6, 6.07) is -0.836. The number of hydrogen-bond acceptors (Lipinski definition) is 6. The number of carbonyl (C=O) groups is 3. The van der Waals surface area contributed by atoms with Crippen LogP contribution in [0.2, 0.25) is 0 Å². The molecule has 1 saturated heterocycles. The number of amides is 1. The quantitative estimate of drug-likeness (QED) is 0.664. The van der Waals surface area contributed by atoms with Crippen LogP contribution in [0.15, 0.2) is 0 Å². The highest BCUT2D eigenvalue weighted by atomic mass is 16.5. The average Bonchev–Trinajstić information content (AvgIpc) is 2.95. The van der Waals surface area contributed by atoms with Crippen molar-refractivity contribution in [2.75, 3.05) is 27.4 Å². The van der Waals surface area contributed by atoms with E-state index in [1.165, 1.54) is 14.2 Å². The molecule has 1 amide bonds. The van der Waals surface area contributed by atoms with Gasteiger partial charge in [0.25, 0.3) is 0 Å². The number of rotatable bonds is 6. The summed E-state index contributed by atoms with van der Waals surface area (Å²) in [6.07, 6.45) is 0.826. The number of carbonyl (C=O) groups excluding carboxylic acids is 3. The molecule has 0 saturated carbocycles. The Bertz CT molecular complexity index is 337. The average molecular weight is 273 g/mol. The Morgan fingerprint density at radius 2 is 2.05 bits per heavy atom. The van der Waals surface area contributed by atoms with Gasteiger partial charge in [-0.3, -0.25) is 9.59 Å². The molecule has 2 atom stereocenters. The van der Waals surface area contributed by atoms with E-state index in [9.17, 15) is 14.4 Å². The Kier molecular flexibility index (Phi) is 6.27. The van der Waals surface area contributed by atoms with Crippen molar-refractivity contribution in [2.45, 2.75) is 25.3 Å². The summed E-state index contributed by atoms with van der Waals surface area (Å²) in [5.41, 5.74) is 0. The van der Waals surface area contributed by atoms with Crippen molar-refractivity contribution >= 4 is 17.8 Å². The smallest absolute Gasteiger partial charge is 0.328 e. The van der Waals surface area contributed by atoms with E-state index in [0.717, 1.165) is 0 Å². The van der Waals surface area contributed by atoms with Gasteiger partial charge in [-0.25, -0.2) is 4.79 Å². The second-order valence-corrected chi connectivity index (χ2v) is 4.26. The van der Waals surface area contributed by atoms with E-state index >= 15 is 0 Å². The standard InChI is InChI=1S/C12H19NO6/c1-17-10(14)4-3-9(12(16)18-2)13-11(15)8-5-6-19-7-8/h8-9H,3-7H2,1-2H3,(H,13,15)/t8-,9-/m0/s1. The van der Waals surface area contributed by atoms with E-state index in [0.29, 0.717) is 19.6 Å². The zero-order valence-electron chi connectivity index (χ0n) is 11.1. The van der Waals surface area contributed by atoms with Crippen LogP contribution in [0.1, 0.15) is 19.3 Å². The monoisotopic (exact) mass is 273 g/mol. The molecule has 0 aromatic rings. The van der Waals surface area contributed by atoms with Crippen LogP contribution in [-0.4, -0.2) is 51.3 Å². The van der Waals surface area contributed by atoms with Crippen molar-refractivity contribution < 1.29 is 28.6 Å². The first-order chi connectivity index (χ1) is 9.08. The molecule has 1 N–H and O–H groups in total. The van der Waals surface area contributed by atoms with Crippen LogP contribution >= 0.6 is 0 Å². The Morgan fingerprint density at radius 1 is 1.32 bits per heavy atom. The molecule has 0 aliphatic carbocycles. The molecule has 0 aromatic carbocycles. The normalized spacial score (nSPS) is 19.6. The minimum atomic E-state index is -0.836. The Balaban J connectivity index is 2.50. The van der Waals surface area contributed by atoms with Crippen LogP contribution in [0.4, 0.5) is 0 Å². The van der Waals surface area contributed by atoms with Gasteiger partial charge in [0.2, 0.25) is 5.91 Å². The molecule has 0 radical (unpaired) electrons. The lowest BCUT2D eigenvalue weighted by molar-refractivity contribution is -0.147. The van der Waals surface area contributed by atoms with Crippen LogP contribution in [0.25, 0.3) is 0 Å². The van der Waals surface area contributed by atoms with Gasteiger partial charge >= 0.3 is 11.9 Å². The first-order valence-electron chi connectivity index (χ1n) is 6.11. The van der Waals surface area contributed by atoms with E-state index in [-0.39, 0.29) is 24.7 Å². The van der Waals surface area contributed by atoms with Gasteiger partial charge in [0, 0.05) is 13.0 Å². The van der Waals surface area contributed by atoms with Crippen molar-refractivity contribution in [3.8, 4) is 0 Å². The Morgan fingerprint density at radius 3 is 2.58 bits per heavy atom. The van der Waals surface area contributed by atoms with Gasteiger partial charge in [-0.2, -0.15) is 0 Å². The van der Waals surface area contributed by atoms with Gasteiger partial charge in [0.15, 0.2) is 0 Å². The minimum absolute atomic E-state index is 0.0394. The first kappa shape index (κ1) is 15.4. The summed E-state index contributed by atoms with van der Waals surface area (Å²) in [4.78, 5) is 34.5. The summed E-state index contributed by atoms with van der Waals surface area (Å²) in [7, 11) is 2.50. The number of hydrogen-bond donors (Lipinski definition) is 1. The molecule has 7 nitrogen and oxygen atoms in total. The van der Waals surface area contributed by atoms with Gasteiger partial charge in [0.05, 0.1) is 26.7 Å². The van der Waals surface area contributed by atoms with Crippen LogP contribution in [0, 0.1) is 5.92 Å². The number of ether oxygens (including phenoxy) is 3. The third-order valence-corrected chi connectivity index (χ3v) is 2.97. The van der Waals surface area contributed by atoms with Crippen LogP contribution < -0.4 is 5.32 Å². The van der Waals surface area contributed by atoms with Crippen LogP contribution in [0.3, 0.4) is 0 Å². The number of esters is 2. The Hall–Kier alpha value is -1.63. The van der Waals surface area contributed by atoms with Crippen molar-refractivity contribution in [3.05, 3.63) is 0 Å². The second kappa shape index (κ2) is 7.73. The highest BCUT2D eigenvalue weighted by molar-refractivity contribution is 5.86. The third kappa shape index (κ3) is 4.86. The summed E-state index contributed by atoms with van der Waals surface area (Å²) in [5.74, 6) is -1.51. The van der Waals surface area contributed by atoms with Gasteiger partial charge in [0.1, 0.15) is 6.04 Å². The summed E-state index contributed by atoms with van der Waals surface area (Å²) in [6.45, 7) is 0.903. The minimum Gasteiger partial charge on any atom is -0.469 e. The molecule has 7 heteroatoms. The van der Waals surface area contributed by atoms with Gasteiger partial charge in [-0.15, -0.1) is 0 Å².